The SMILES string of the molecule is C[N@+]1(CCCC(=O)c2ccccc2)CCC(C(C(=N)[O-])(c2ccccc2)c2ccccc2)C1. The smallest absolute Gasteiger partial charge is 0.163 e. The van der Waals surface area contributed by atoms with Crippen LogP contribution in [0.3, 0.4) is 0 Å². The quantitative estimate of drug-likeness (QED) is 0.231. The van der Waals surface area contributed by atoms with E-state index in [4.69, 9.17) is 5.41 Å². The van der Waals surface area contributed by atoms with Crippen LogP contribution < -0.4 is 5.11 Å². The fourth-order valence-corrected chi connectivity index (χ4v) is 5.62. The van der Waals surface area contributed by atoms with Gasteiger partial charge in [-0.2, -0.15) is 0 Å². The molecule has 4 nitrogen and oxygen atoms in total. The van der Waals surface area contributed by atoms with Gasteiger partial charge >= 0.3 is 0 Å². The first-order chi connectivity index (χ1) is 16.0. The molecule has 0 bridgehead atoms. The summed E-state index contributed by atoms with van der Waals surface area (Å²) in [6.07, 6.45) is 2.22. The number of likely N-dealkylation sites (tertiary alicyclic amines) is 1. The number of nitrogens with one attached hydrogen (secondary N) is 1. The van der Waals surface area contributed by atoms with Gasteiger partial charge in [0.2, 0.25) is 0 Å². The summed E-state index contributed by atoms with van der Waals surface area (Å²) in [6.45, 7) is 2.65. The molecule has 4 rings (SSSR count). The molecule has 0 spiro atoms. The van der Waals surface area contributed by atoms with E-state index in [9.17, 15) is 9.90 Å². The number of ketones is 1. The molecular weight excluding hydrogens is 408 g/mol. The lowest BCUT2D eigenvalue weighted by Gasteiger charge is -2.43. The van der Waals surface area contributed by atoms with Crippen LogP contribution in [0.25, 0.3) is 0 Å². The third-order valence-electron chi connectivity index (χ3n) is 7.30. The maximum atomic E-state index is 13.1. The van der Waals surface area contributed by atoms with Crippen molar-refractivity contribution in [1.29, 1.82) is 5.41 Å². The molecule has 170 valence electrons. The van der Waals surface area contributed by atoms with Crippen LogP contribution in [-0.4, -0.2) is 42.8 Å². The van der Waals surface area contributed by atoms with E-state index in [-0.39, 0.29) is 11.7 Å². The summed E-state index contributed by atoms with van der Waals surface area (Å²) < 4.78 is 0.821. The van der Waals surface area contributed by atoms with Gasteiger partial charge in [0.05, 0.1) is 32.1 Å². The predicted octanol–water partition coefficient (Wildman–Crippen LogP) is 4.44. The van der Waals surface area contributed by atoms with E-state index in [2.05, 4.69) is 7.05 Å². The molecule has 0 aliphatic carbocycles. The van der Waals surface area contributed by atoms with Gasteiger partial charge in [0, 0.05) is 30.7 Å². The second kappa shape index (κ2) is 9.72. The number of carbonyl (C=O) groups is 1. The molecule has 0 saturated carbocycles. The Hall–Kier alpha value is -3.24. The molecule has 0 amide bonds. The zero-order valence-corrected chi connectivity index (χ0v) is 19.2. The first kappa shape index (κ1) is 22.9. The van der Waals surface area contributed by atoms with Crippen molar-refractivity contribution in [3.8, 4) is 0 Å². The van der Waals surface area contributed by atoms with Crippen molar-refractivity contribution < 1.29 is 14.4 Å². The van der Waals surface area contributed by atoms with Gasteiger partial charge in [-0.25, -0.2) is 0 Å². The van der Waals surface area contributed by atoms with Gasteiger partial charge in [-0.3, -0.25) is 4.79 Å². The standard InChI is InChI=1S/C29H32N2O2/c1-31(20-11-18-27(32)23-12-5-2-6-13-23)21-19-26(22-31)29(28(30)33,24-14-7-3-8-15-24)25-16-9-4-10-17-25/h2-10,12-17,26H,11,18-22H2,1H3,(H-,30,33)/t26?,31-/m0/s1. The van der Waals surface area contributed by atoms with Crippen molar-refractivity contribution >= 4 is 11.7 Å². The number of hydrogen-bond donors (Lipinski definition) is 1. The molecule has 33 heavy (non-hydrogen) atoms. The minimum atomic E-state index is -0.974. The summed E-state index contributed by atoms with van der Waals surface area (Å²) in [5, 5.41) is 21.6. The van der Waals surface area contributed by atoms with Crippen LogP contribution in [0.4, 0.5) is 0 Å². The molecule has 1 aliphatic rings. The molecule has 1 fully saturated rings. The zero-order chi connectivity index (χ0) is 23.3. The van der Waals surface area contributed by atoms with Gasteiger partial charge in [0.1, 0.15) is 0 Å². The van der Waals surface area contributed by atoms with Gasteiger partial charge < -0.3 is 15.0 Å². The van der Waals surface area contributed by atoms with E-state index >= 15 is 0 Å². The Morgan fingerprint density at radius 3 is 1.97 bits per heavy atom. The van der Waals surface area contributed by atoms with E-state index in [0.717, 1.165) is 53.6 Å². The Labute approximate surface area is 196 Å². The van der Waals surface area contributed by atoms with Crippen molar-refractivity contribution in [1.82, 2.24) is 0 Å². The van der Waals surface area contributed by atoms with Gasteiger partial charge in [-0.1, -0.05) is 91.0 Å². The summed E-state index contributed by atoms with van der Waals surface area (Å²) >= 11 is 0. The second-order valence-electron chi connectivity index (χ2n) is 9.50. The Morgan fingerprint density at radius 1 is 0.939 bits per heavy atom. The maximum absolute atomic E-state index is 13.1. The Bertz CT molecular complexity index is 1040. The number of carbonyl (C=O) groups excluding carboxylic acids is 1. The van der Waals surface area contributed by atoms with Crippen LogP contribution in [0.5, 0.6) is 0 Å². The summed E-state index contributed by atoms with van der Waals surface area (Å²) in [7, 11) is 2.22. The molecular formula is C29H32N2O2. The van der Waals surface area contributed by atoms with Crippen molar-refractivity contribution in [2.45, 2.75) is 24.7 Å². The van der Waals surface area contributed by atoms with Gasteiger partial charge in [-0.05, 0) is 17.0 Å². The second-order valence-corrected chi connectivity index (χ2v) is 9.50. The Balaban J connectivity index is 1.55. The number of Topliss-reactive ketones (excluding diaryl/α,β-unsaturated/α-hetero) is 1. The zero-order valence-electron chi connectivity index (χ0n) is 19.2. The highest BCUT2D eigenvalue weighted by Crippen LogP contribution is 2.45. The first-order valence-corrected chi connectivity index (χ1v) is 11.7. The van der Waals surface area contributed by atoms with Crippen LogP contribution >= 0.6 is 0 Å². The molecule has 3 aromatic carbocycles. The van der Waals surface area contributed by atoms with E-state index in [1.54, 1.807) is 0 Å². The van der Waals surface area contributed by atoms with Crippen LogP contribution in [-0.2, 0) is 5.41 Å². The van der Waals surface area contributed by atoms with E-state index in [1.165, 1.54) is 0 Å². The predicted molar refractivity (Wildman–Crippen MR) is 130 cm³/mol. The van der Waals surface area contributed by atoms with Crippen molar-refractivity contribution in [3.05, 3.63) is 108 Å². The number of benzene rings is 3. The number of rotatable bonds is 9. The minimum absolute atomic E-state index is 0.0297. The molecule has 4 heteroatoms. The van der Waals surface area contributed by atoms with Crippen molar-refractivity contribution in [2.75, 3.05) is 26.7 Å². The van der Waals surface area contributed by atoms with Crippen molar-refractivity contribution in [3.63, 3.8) is 0 Å². The lowest BCUT2D eigenvalue weighted by molar-refractivity contribution is -0.899. The van der Waals surface area contributed by atoms with E-state index < -0.39 is 11.3 Å². The summed E-state index contributed by atoms with van der Waals surface area (Å²) in [6, 6.07) is 29.1. The lowest BCUT2D eigenvalue weighted by atomic mass is 9.65. The minimum Gasteiger partial charge on any atom is -0.861 e. The summed E-state index contributed by atoms with van der Waals surface area (Å²) in [5.41, 5.74) is 1.59. The number of nitrogens with zero attached hydrogens (tertiary/aromatic N) is 1. The topological polar surface area (TPSA) is 64.0 Å². The van der Waals surface area contributed by atoms with Crippen LogP contribution in [0.1, 0.15) is 40.7 Å². The van der Waals surface area contributed by atoms with E-state index in [1.807, 2.05) is 91.0 Å². The Morgan fingerprint density at radius 2 is 1.45 bits per heavy atom. The monoisotopic (exact) mass is 440 g/mol. The van der Waals surface area contributed by atoms with Gasteiger partial charge in [-0.15, -0.1) is 0 Å². The van der Waals surface area contributed by atoms with E-state index in [0.29, 0.717) is 6.42 Å². The molecule has 1 aliphatic heterocycles. The van der Waals surface area contributed by atoms with Crippen LogP contribution in [0.2, 0.25) is 0 Å². The highest BCUT2D eigenvalue weighted by molar-refractivity contribution is 5.95. The van der Waals surface area contributed by atoms with Crippen LogP contribution in [0, 0.1) is 11.3 Å². The molecule has 1 saturated heterocycles. The van der Waals surface area contributed by atoms with Gasteiger partial charge in [0.15, 0.2) is 5.78 Å². The normalized spacial score (nSPS) is 20.5. The molecule has 1 unspecified atom stereocenters. The number of hydrogen-bond acceptors (Lipinski definition) is 3. The average Bonchev–Trinajstić information content (AvgIpc) is 3.23. The summed E-state index contributed by atoms with van der Waals surface area (Å²) in [5.74, 6) is -0.332. The van der Waals surface area contributed by atoms with Crippen molar-refractivity contribution in [2.24, 2.45) is 5.92 Å². The molecule has 1 N–H and O–H groups in total. The summed E-state index contributed by atoms with van der Waals surface area (Å²) in [4.78, 5) is 12.5. The molecule has 2 atom stereocenters. The Kier molecular flexibility index (Phi) is 6.75. The average molecular weight is 441 g/mol. The largest absolute Gasteiger partial charge is 0.861 e. The van der Waals surface area contributed by atoms with Crippen LogP contribution in [0.15, 0.2) is 91.0 Å². The lowest BCUT2D eigenvalue weighted by Crippen LogP contribution is -2.52. The fourth-order valence-electron chi connectivity index (χ4n) is 5.62. The molecule has 1 heterocycles. The third kappa shape index (κ3) is 4.62. The van der Waals surface area contributed by atoms with Gasteiger partial charge in [0.25, 0.3) is 0 Å². The first-order valence-electron chi connectivity index (χ1n) is 11.7. The fraction of sp³-hybridized carbons (Fsp3) is 0.310. The maximum Gasteiger partial charge on any atom is 0.163 e. The third-order valence-corrected chi connectivity index (χ3v) is 7.30. The molecule has 0 radical (unpaired) electrons. The number of quaternary nitrogens is 1. The molecule has 3 aromatic rings. The highest BCUT2D eigenvalue weighted by atomic mass is 16.3. The molecule has 0 aromatic heterocycles. The highest BCUT2D eigenvalue weighted by Gasteiger charge is 2.49.